The quantitative estimate of drug-likeness (QED) is 0.0352. The number of ether oxygens (including phenoxy) is 3. The molecule has 6 nitrogen and oxygen atoms in total. The first-order chi connectivity index (χ1) is 25.8. The highest BCUT2D eigenvalue weighted by Crippen LogP contribution is 2.17. The van der Waals surface area contributed by atoms with Crippen LogP contribution >= 0.6 is 0 Å². The molecule has 314 valence electrons. The van der Waals surface area contributed by atoms with Gasteiger partial charge in [0.05, 0.1) is 0 Å². The minimum Gasteiger partial charge on any atom is -0.462 e. The van der Waals surface area contributed by atoms with Crippen LogP contribution in [0.3, 0.4) is 0 Å². The highest BCUT2D eigenvalue weighted by atomic mass is 16.6. The lowest BCUT2D eigenvalue weighted by atomic mass is 9.99. The fourth-order valence-corrected chi connectivity index (χ4v) is 6.90. The van der Waals surface area contributed by atoms with Gasteiger partial charge in [-0.1, -0.05) is 214 Å². The Balaban J connectivity index is 4.30. The maximum Gasteiger partial charge on any atom is 0.306 e. The van der Waals surface area contributed by atoms with E-state index in [2.05, 4.69) is 34.6 Å². The van der Waals surface area contributed by atoms with Crippen molar-refractivity contribution < 1.29 is 28.6 Å². The third-order valence-electron chi connectivity index (χ3n) is 10.8. The van der Waals surface area contributed by atoms with Crippen molar-refractivity contribution in [3.8, 4) is 0 Å². The summed E-state index contributed by atoms with van der Waals surface area (Å²) < 4.78 is 16.7. The second-order valence-corrected chi connectivity index (χ2v) is 16.8. The second kappa shape index (κ2) is 40.1. The number of rotatable bonds is 41. The van der Waals surface area contributed by atoms with E-state index in [0.29, 0.717) is 19.3 Å². The van der Waals surface area contributed by atoms with E-state index in [-0.39, 0.29) is 31.1 Å². The summed E-state index contributed by atoms with van der Waals surface area (Å²) >= 11 is 0. The smallest absolute Gasteiger partial charge is 0.306 e. The number of hydrogen-bond donors (Lipinski definition) is 0. The van der Waals surface area contributed by atoms with E-state index in [0.717, 1.165) is 69.6 Å². The first-order valence-corrected chi connectivity index (χ1v) is 23.3. The van der Waals surface area contributed by atoms with Crippen molar-refractivity contribution in [2.45, 2.75) is 259 Å². The zero-order chi connectivity index (χ0) is 39.0. The predicted molar refractivity (Wildman–Crippen MR) is 224 cm³/mol. The largest absolute Gasteiger partial charge is 0.462 e. The monoisotopic (exact) mass is 751 g/mol. The molecule has 0 aliphatic rings. The average molecular weight is 751 g/mol. The standard InChI is InChI=1S/C47H90O6/c1-6-8-9-10-11-12-13-14-18-21-27-32-37-45(48)51-40-44(53-47(50)39-34-29-24-23-25-30-35-42(3)4)41-52-46(49)38-33-28-22-19-16-15-17-20-26-31-36-43(5)7-2/h42-44H,6-41H2,1-5H3/t43?,44-/m1/s1. The van der Waals surface area contributed by atoms with Gasteiger partial charge >= 0.3 is 17.9 Å². The second-order valence-electron chi connectivity index (χ2n) is 16.8. The van der Waals surface area contributed by atoms with Crippen molar-refractivity contribution in [1.82, 2.24) is 0 Å². The van der Waals surface area contributed by atoms with E-state index in [1.807, 2.05) is 0 Å². The van der Waals surface area contributed by atoms with Crippen molar-refractivity contribution >= 4 is 17.9 Å². The molecule has 0 amide bonds. The fourth-order valence-electron chi connectivity index (χ4n) is 6.90. The Morgan fingerprint density at radius 1 is 0.396 bits per heavy atom. The van der Waals surface area contributed by atoms with Crippen molar-refractivity contribution in [2.75, 3.05) is 13.2 Å². The molecule has 0 saturated carbocycles. The molecule has 0 bridgehead atoms. The maximum atomic E-state index is 12.7. The predicted octanol–water partition coefficient (Wildman–Crippen LogP) is 14.6. The highest BCUT2D eigenvalue weighted by Gasteiger charge is 2.19. The highest BCUT2D eigenvalue weighted by molar-refractivity contribution is 5.71. The van der Waals surface area contributed by atoms with Crippen molar-refractivity contribution in [3.05, 3.63) is 0 Å². The molecule has 0 fully saturated rings. The topological polar surface area (TPSA) is 78.9 Å². The Morgan fingerprint density at radius 2 is 0.717 bits per heavy atom. The summed E-state index contributed by atoms with van der Waals surface area (Å²) in [5.41, 5.74) is 0. The summed E-state index contributed by atoms with van der Waals surface area (Å²) in [6.07, 6.45) is 38.0. The number of esters is 3. The van der Waals surface area contributed by atoms with Crippen LogP contribution < -0.4 is 0 Å². The molecule has 0 N–H and O–H groups in total. The van der Waals surface area contributed by atoms with Crippen molar-refractivity contribution in [3.63, 3.8) is 0 Å². The normalized spacial score (nSPS) is 12.6. The van der Waals surface area contributed by atoms with Crippen LogP contribution in [-0.2, 0) is 28.6 Å². The zero-order valence-electron chi connectivity index (χ0n) is 36.1. The van der Waals surface area contributed by atoms with Crippen molar-refractivity contribution in [2.24, 2.45) is 11.8 Å². The van der Waals surface area contributed by atoms with E-state index in [1.54, 1.807) is 0 Å². The van der Waals surface area contributed by atoms with Gasteiger partial charge in [0, 0.05) is 19.3 Å². The third kappa shape index (κ3) is 39.9. The molecule has 1 unspecified atom stereocenters. The van der Waals surface area contributed by atoms with Crippen LogP contribution in [0, 0.1) is 11.8 Å². The molecule has 0 heterocycles. The van der Waals surface area contributed by atoms with Crippen LogP contribution in [0.2, 0.25) is 0 Å². The van der Waals surface area contributed by atoms with Crippen LogP contribution in [0.25, 0.3) is 0 Å². The lowest BCUT2D eigenvalue weighted by Crippen LogP contribution is -2.30. The first kappa shape index (κ1) is 51.4. The molecule has 0 spiro atoms. The Kier molecular flexibility index (Phi) is 38.9. The number of hydrogen-bond acceptors (Lipinski definition) is 6. The van der Waals surface area contributed by atoms with Crippen LogP contribution in [0.5, 0.6) is 0 Å². The summed E-state index contributed by atoms with van der Waals surface area (Å²) in [7, 11) is 0. The number of carbonyl (C=O) groups excluding carboxylic acids is 3. The maximum absolute atomic E-state index is 12.7. The molecule has 0 aromatic heterocycles. The van der Waals surface area contributed by atoms with Crippen LogP contribution in [0.4, 0.5) is 0 Å². The molecule has 0 aromatic rings. The fraction of sp³-hybridized carbons (Fsp3) is 0.936. The van der Waals surface area contributed by atoms with Gasteiger partial charge in [-0.15, -0.1) is 0 Å². The van der Waals surface area contributed by atoms with E-state index in [4.69, 9.17) is 14.2 Å². The molecule has 0 aliphatic carbocycles. The number of carbonyl (C=O) groups is 3. The molecule has 0 radical (unpaired) electrons. The van der Waals surface area contributed by atoms with Gasteiger partial charge in [0.1, 0.15) is 13.2 Å². The van der Waals surface area contributed by atoms with Gasteiger partial charge in [0.2, 0.25) is 0 Å². The summed E-state index contributed by atoms with van der Waals surface area (Å²) in [5, 5.41) is 0. The molecule has 0 aliphatic heterocycles. The van der Waals surface area contributed by atoms with E-state index in [9.17, 15) is 14.4 Å². The van der Waals surface area contributed by atoms with E-state index < -0.39 is 6.10 Å². The Bertz CT molecular complexity index is 811. The summed E-state index contributed by atoms with van der Waals surface area (Å²) in [4.78, 5) is 37.7. The van der Waals surface area contributed by atoms with E-state index >= 15 is 0 Å². The van der Waals surface area contributed by atoms with Crippen LogP contribution in [-0.4, -0.2) is 37.2 Å². The lowest BCUT2D eigenvalue weighted by Gasteiger charge is -2.18. The molecule has 6 heteroatoms. The minimum atomic E-state index is -0.761. The van der Waals surface area contributed by atoms with E-state index in [1.165, 1.54) is 141 Å². The molecular weight excluding hydrogens is 661 g/mol. The zero-order valence-corrected chi connectivity index (χ0v) is 36.1. The van der Waals surface area contributed by atoms with Gasteiger partial charge in [0.15, 0.2) is 6.10 Å². The molecule has 53 heavy (non-hydrogen) atoms. The molecule has 0 saturated heterocycles. The van der Waals surface area contributed by atoms with Gasteiger partial charge < -0.3 is 14.2 Å². The Labute approximate surface area is 329 Å². The minimum absolute atomic E-state index is 0.0657. The van der Waals surface area contributed by atoms with Gasteiger partial charge in [-0.2, -0.15) is 0 Å². The Hall–Kier alpha value is -1.59. The first-order valence-electron chi connectivity index (χ1n) is 23.3. The van der Waals surface area contributed by atoms with Crippen LogP contribution in [0.15, 0.2) is 0 Å². The summed E-state index contributed by atoms with van der Waals surface area (Å²) in [6.45, 7) is 11.3. The molecular formula is C47H90O6. The van der Waals surface area contributed by atoms with Gasteiger partial charge in [-0.25, -0.2) is 0 Å². The summed E-state index contributed by atoms with van der Waals surface area (Å²) in [5.74, 6) is 0.767. The molecule has 0 rings (SSSR count). The third-order valence-corrected chi connectivity index (χ3v) is 10.8. The van der Waals surface area contributed by atoms with Gasteiger partial charge in [-0.3, -0.25) is 14.4 Å². The number of unbranched alkanes of at least 4 members (excludes halogenated alkanes) is 25. The lowest BCUT2D eigenvalue weighted by molar-refractivity contribution is -0.167. The van der Waals surface area contributed by atoms with Gasteiger partial charge in [-0.05, 0) is 31.1 Å². The SMILES string of the molecule is CCCCCCCCCCCCCCC(=O)OC[C@H](COC(=O)CCCCCCCCCCCCC(C)CC)OC(=O)CCCCCCCCC(C)C. The van der Waals surface area contributed by atoms with Crippen molar-refractivity contribution in [1.29, 1.82) is 0 Å². The average Bonchev–Trinajstić information content (AvgIpc) is 3.14. The molecule has 0 aromatic carbocycles. The summed E-state index contributed by atoms with van der Waals surface area (Å²) in [6, 6.07) is 0. The van der Waals surface area contributed by atoms with Crippen LogP contribution in [0.1, 0.15) is 253 Å². The Morgan fingerprint density at radius 3 is 1.08 bits per heavy atom. The van der Waals surface area contributed by atoms with Gasteiger partial charge in [0.25, 0.3) is 0 Å². The molecule has 2 atom stereocenters.